The normalized spacial score (nSPS) is 14.0. The summed E-state index contributed by atoms with van der Waals surface area (Å²) in [4.78, 5) is 8.52. The molecule has 3 rings (SSSR count). The first kappa shape index (κ1) is 11.0. The maximum atomic E-state index is 4.28. The minimum atomic E-state index is 0.685. The summed E-state index contributed by atoms with van der Waals surface area (Å²) in [6.07, 6.45) is 5.04. The van der Waals surface area contributed by atoms with Crippen molar-refractivity contribution >= 4 is 16.7 Å². The summed E-state index contributed by atoms with van der Waals surface area (Å²) in [5.41, 5.74) is 0.971. The van der Waals surface area contributed by atoms with E-state index >= 15 is 0 Å². The number of aromatic nitrogens is 2. The van der Waals surface area contributed by atoms with Gasteiger partial charge in [-0.1, -0.05) is 18.1 Å². The molecule has 0 aliphatic heterocycles. The lowest BCUT2D eigenvalue weighted by molar-refractivity contribution is 1.06. The first-order chi connectivity index (χ1) is 8.93. The van der Waals surface area contributed by atoms with Gasteiger partial charge in [-0.05, 0) is 25.0 Å². The van der Waals surface area contributed by atoms with Gasteiger partial charge in [-0.3, -0.25) is 0 Å². The number of anilines is 1. The summed E-state index contributed by atoms with van der Waals surface area (Å²) in [6, 6.07) is 8.02. The molecule has 1 aromatic heterocycles. The molecule has 1 heterocycles. The molecule has 18 heavy (non-hydrogen) atoms. The predicted octanol–water partition coefficient (Wildman–Crippen LogP) is 2.85. The first-order valence-corrected chi connectivity index (χ1v) is 6.35. The third-order valence-corrected chi connectivity index (χ3v) is 2.97. The lowest BCUT2D eigenvalue weighted by Crippen LogP contribution is -2.03. The smallest absolute Gasteiger partial charge is 0.137 e. The summed E-state index contributed by atoms with van der Waals surface area (Å²) in [5, 5.41) is 4.39. The van der Waals surface area contributed by atoms with Crippen molar-refractivity contribution in [2.24, 2.45) is 5.92 Å². The second-order valence-electron chi connectivity index (χ2n) is 4.51. The van der Waals surface area contributed by atoms with Crippen LogP contribution in [0.3, 0.4) is 0 Å². The van der Waals surface area contributed by atoms with Crippen molar-refractivity contribution in [3.8, 4) is 11.8 Å². The van der Waals surface area contributed by atoms with Crippen LogP contribution in [0, 0.1) is 17.8 Å². The van der Waals surface area contributed by atoms with Gasteiger partial charge in [0.05, 0.1) is 5.52 Å². The summed E-state index contributed by atoms with van der Waals surface area (Å²) in [7, 11) is 0. The lowest BCUT2D eigenvalue weighted by Gasteiger charge is -2.05. The molecule has 1 N–H and O–H groups in total. The average molecular weight is 237 g/mol. The Morgan fingerprint density at radius 3 is 3.00 bits per heavy atom. The lowest BCUT2D eigenvalue weighted by atomic mass is 10.2. The highest BCUT2D eigenvalue weighted by atomic mass is 15.0. The minimum absolute atomic E-state index is 0.685. The highest BCUT2D eigenvalue weighted by Gasteiger charge is 2.17. The number of hydrogen-bond acceptors (Lipinski definition) is 3. The molecule has 90 valence electrons. The van der Waals surface area contributed by atoms with Gasteiger partial charge in [-0.25, -0.2) is 9.97 Å². The maximum Gasteiger partial charge on any atom is 0.137 e. The summed E-state index contributed by atoms with van der Waals surface area (Å²) >= 11 is 0. The van der Waals surface area contributed by atoms with Crippen molar-refractivity contribution < 1.29 is 0 Å². The van der Waals surface area contributed by atoms with E-state index in [-0.39, 0.29) is 0 Å². The number of fused-ring (bicyclic) bond motifs is 1. The molecule has 0 amide bonds. The molecule has 2 aromatic rings. The second-order valence-corrected chi connectivity index (χ2v) is 4.51. The zero-order valence-electron chi connectivity index (χ0n) is 10.2. The van der Waals surface area contributed by atoms with Crippen LogP contribution in [0.5, 0.6) is 0 Å². The topological polar surface area (TPSA) is 37.8 Å². The first-order valence-electron chi connectivity index (χ1n) is 6.35. The van der Waals surface area contributed by atoms with Crippen LogP contribution in [0.15, 0.2) is 30.6 Å². The van der Waals surface area contributed by atoms with E-state index in [0.29, 0.717) is 5.92 Å². The molecule has 0 saturated heterocycles. The van der Waals surface area contributed by atoms with E-state index in [4.69, 9.17) is 0 Å². The number of para-hydroxylation sites is 1. The van der Waals surface area contributed by atoms with E-state index in [0.717, 1.165) is 29.7 Å². The highest BCUT2D eigenvalue weighted by molar-refractivity contribution is 5.88. The fourth-order valence-corrected chi connectivity index (χ4v) is 1.83. The second kappa shape index (κ2) is 5.05. The van der Waals surface area contributed by atoms with Crippen LogP contribution in [0.25, 0.3) is 10.9 Å². The fraction of sp³-hybridized carbons (Fsp3) is 0.333. The van der Waals surface area contributed by atoms with E-state index in [9.17, 15) is 0 Å². The number of benzene rings is 1. The van der Waals surface area contributed by atoms with E-state index in [1.807, 2.05) is 24.3 Å². The van der Waals surface area contributed by atoms with Crippen LogP contribution >= 0.6 is 0 Å². The van der Waals surface area contributed by atoms with Gasteiger partial charge in [-0.2, -0.15) is 0 Å². The summed E-state index contributed by atoms with van der Waals surface area (Å²) in [5.74, 6) is 8.05. The third-order valence-electron chi connectivity index (χ3n) is 2.97. The molecule has 1 saturated carbocycles. The molecule has 1 aliphatic carbocycles. The van der Waals surface area contributed by atoms with Crippen LogP contribution in [-0.2, 0) is 0 Å². The molecule has 0 spiro atoms. The van der Waals surface area contributed by atoms with Gasteiger partial charge < -0.3 is 5.32 Å². The number of nitrogens with zero attached hydrogens (tertiary/aromatic N) is 2. The summed E-state index contributed by atoms with van der Waals surface area (Å²) in [6.45, 7) is 0.834. The molecule has 0 atom stereocenters. The number of hydrogen-bond donors (Lipinski definition) is 1. The van der Waals surface area contributed by atoms with Crippen molar-refractivity contribution in [3.05, 3.63) is 30.6 Å². The Morgan fingerprint density at radius 1 is 1.22 bits per heavy atom. The molecule has 0 radical (unpaired) electrons. The molecule has 0 bridgehead atoms. The number of rotatable bonds is 3. The van der Waals surface area contributed by atoms with Crippen molar-refractivity contribution in [2.75, 3.05) is 11.9 Å². The van der Waals surface area contributed by atoms with E-state index in [1.54, 1.807) is 6.33 Å². The van der Waals surface area contributed by atoms with Crippen LogP contribution in [0.2, 0.25) is 0 Å². The van der Waals surface area contributed by atoms with Crippen LogP contribution in [-0.4, -0.2) is 16.5 Å². The Kier molecular flexibility index (Phi) is 3.10. The van der Waals surface area contributed by atoms with Gasteiger partial charge in [0.2, 0.25) is 0 Å². The van der Waals surface area contributed by atoms with E-state index in [1.165, 1.54) is 12.8 Å². The van der Waals surface area contributed by atoms with Gasteiger partial charge in [0.1, 0.15) is 12.1 Å². The van der Waals surface area contributed by atoms with E-state index < -0.39 is 0 Å². The Balaban J connectivity index is 1.65. The van der Waals surface area contributed by atoms with Gasteiger partial charge in [-0.15, -0.1) is 5.92 Å². The standard InChI is InChI=1S/C15H15N3/c1-2-7-14-13(6-1)15(18-11-17-14)16-10-4-3-5-12-8-9-12/h1-2,6-7,11-12H,4,8-10H2,(H,16,17,18). The van der Waals surface area contributed by atoms with Crippen LogP contribution in [0.4, 0.5) is 5.82 Å². The summed E-state index contributed by atoms with van der Waals surface area (Å²) < 4.78 is 0. The van der Waals surface area contributed by atoms with Gasteiger partial charge in [0.25, 0.3) is 0 Å². The van der Waals surface area contributed by atoms with Gasteiger partial charge >= 0.3 is 0 Å². The van der Waals surface area contributed by atoms with E-state index in [2.05, 4.69) is 27.1 Å². The molecule has 3 heteroatoms. The zero-order chi connectivity index (χ0) is 12.2. The molecular weight excluding hydrogens is 222 g/mol. The fourth-order valence-electron chi connectivity index (χ4n) is 1.83. The third kappa shape index (κ3) is 2.60. The molecular formula is C15H15N3. The Morgan fingerprint density at radius 2 is 2.11 bits per heavy atom. The molecule has 1 aromatic carbocycles. The Hall–Kier alpha value is -2.08. The molecule has 1 aliphatic rings. The van der Waals surface area contributed by atoms with Gasteiger partial charge in [0.15, 0.2) is 0 Å². The predicted molar refractivity (Wildman–Crippen MR) is 73.1 cm³/mol. The number of nitrogens with one attached hydrogen (secondary N) is 1. The van der Waals surface area contributed by atoms with Gasteiger partial charge in [0, 0.05) is 24.3 Å². The highest BCUT2D eigenvalue weighted by Crippen LogP contribution is 2.27. The zero-order valence-corrected chi connectivity index (χ0v) is 10.2. The van der Waals surface area contributed by atoms with Crippen molar-refractivity contribution in [2.45, 2.75) is 19.3 Å². The van der Waals surface area contributed by atoms with Crippen LogP contribution in [0.1, 0.15) is 19.3 Å². The minimum Gasteiger partial charge on any atom is -0.369 e. The maximum absolute atomic E-state index is 4.28. The van der Waals surface area contributed by atoms with Crippen molar-refractivity contribution in [3.63, 3.8) is 0 Å². The van der Waals surface area contributed by atoms with Crippen molar-refractivity contribution in [1.82, 2.24) is 9.97 Å². The Bertz CT molecular complexity index is 600. The monoisotopic (exact) mass is 237 g/mol. The quantitative estimate of drug-likeness (QED) is 0.659. The average Bonchev–Trinajstić information content (AvgIpc) is 3.23. The SMILES string of the molecule is C(#CC1CC1)CCNc1ncnc2ccccc12. The molecule has 3 nitrogen and oxygen atoms in total. The molecule has 0 unspecified atom stereocenters. The Labute approximate surface area is 107 Å². The largest absolute Gasteiger partial charge is 0.369 e. The van der Waals surface area contributed by atoms with Crippen molar-refractivity contribution in [1.29, 1.82) is 0 Å². The molecule has 1 fully saturated rings. The van der Waals surface area contributed by atoms with Crippen LogP contribution < -0.4 is 5.32 Å².